The monoisotopic (exact) mass is 200 g/mol. The minimum absolute atomic E-state index is 0.339. The fourth-order valence-electron chi connectivity index (χ4n) is 1.30. The molecule has 0 atom stereocenters. The third-order valence-electron chi connectivity index (χ3n) is 1.97. The molecule has 0 fully saturated rings. The van der Waals surface area contributed by atoms with E-state index >= 15 is 0 Å². The Kier molecular flexibility index (Phi) is 2.02. The van der Waals surface area contributed by atoms with Crippen molar-refractivity contribution in [3.05, 3.63) is 34.5 Å². The van der Waals surface area contributed by atoms with Crippen molar-refractivity contribution in [3.8, 4) is 0 Å². The Balaban J connectivity index is 2.62. The van der Waals surface area contributed by atoms with E-state index in [0.717, 1.165) is 12.1 Å². The molecule has 2 rings (SSSR count). The molecule has 0 amide bonds. The van der Waals surface area contributed by atoms with Gasteiger partial charge < -0.3 is 0 Å². The summed E-state index contributed by atoms with van der Waals surface area (Å²) >= 11 is 0. The van der Waals surface area contributed by atoms with Crippen LogP contribution in [0.25, 0.3) is 0 Å². The molecule has 0 spiro atoms. The van der Waals surface area contributed by atoms with Crippen molar-refractivity contribution in [1.82, 2.24) is 0 Å². The van der Waals surface area contributed by atoms with Gasteiger partial charge in [-0.3, -0.25) is 9.98 Å². The molecule has 1 aliphatic rings. The fourth-order valence-corrected chi connectivity index (χ4v) is 1.30. The molecule has 14 heavy (non-hydrogen) atoms. The van der Waals surface area contributed by atoms with Gasteiger partial charge >= 0.3 is 6.18 Å². The third kappa shape index (κ3) is 1.62. The Hall–Kier alpha value is -1.39. The van der Waals surface area contributed by atoms with Crippen molar-refractivity contribution >= 4 is 0 Å². The van der Waals surface area contributed by atoms with Gasteiger partial charge in [-0.15, -0.1) is 0 Å². The first-order valence-corrected chi connectivity index (χ1v) is 4.13. The second-order valence-corrected chi connectivity index (χ2v) is 2.96. The summed E-state index contributed by atoms with van der Waals surface area (Å²) < 4.78 is 36.9. The number of nitrogens with zero attached hydrogens (tertiary/aromatic N) is 2. The third-order valence-corrected chi connectivity index (χ3v) is 1.97. The highest BCUT2D eigenvalue weighted by Crippen LogP contribution is 2.27. The van der Waals surface area contributed by atoms with Gasteiger partial charge in [-0.25, -0.2) is 0 Å². The molecule has 2 nitrogen and oxygen atoms in total. The minimum atomic E-state index is -4.30. The highest BCUT2D eigenvalue weighted by atomic mass is 19.4. The van der Waals surface area contributed by atoms with Crippen LogP contribution in [-0.4, -0.2) is 13.1 Å². The van der Waals surface area contributed by atoms with Gasteiger partial charge in [-0.1, -0.05) is 0 Å². The van der Waals surface area contributed by atoms with Crippen molar-refractivity contribution in [2.75, 3.05) is 13.1 Å². The summed E-state index contributed by atoms with van der Waals surface area (Å²) in [5, 5.41) is 0.885. The van der Waals surface area contributed by atoms with Gasteiger partial charge in [0.25, 0.3) is 0 Å². The molecule has 5 heteroatoms. The predicted octanol–water partition coefficient (Wildman–Crippen LogP) is 0.958. The number of hydrogen-bond acceptors (Lipinski definition) is 2. The van der Waals surface area contributed by atoms with Crippen LogP contribution in [0.15, 0.2) is 28.2 Å². The van der Waals surface area contributed by atoms with Crippen LogP contribution < -0.4 is 10.7 Å². The van der Waals surface area contributed by atoms with E-state index in [9.17, 15) is 13.2 Å². The molecule has 0 N–H and O–H groups in total. The lowest BCUT2D eigenvalue weighted by Crippen LogP contribution is -2.31. The molecule has 0 unspecified atom stereocenters. The lowest BCUT2D eigenvalue weighted by Gasteiger charge is -2.06. The first-order valence-electron chi connectivity index (χ1n) is 4.13. The van der Waals surface area contributed by atoms with E-state index in [1.165, 1.54) is 6.07 Å². The smallest absolute Gasteiger partial charge is 0.281 e. The highest BCUT2D eigenvalue weighted by molar-refractivity contribution is 5.18. The van der Waals surface area contributed by atoms with Crippen molar-refractivity contribution in [1.29, 1.82) is 0 Å². The zero-order chi connectivity index (χ0) is 10.2. The predicted molar refractivity (Wildman–Crippen MR) is 43.5 cm³/mol. The summed E-state index contributed by atoms with van der Waals surface area (Å²) in [6, 6.07) is 3.43. The maximum atomic E-state index is 12.3. The van der Waals surface area contributed by atoms with E-state index in [2.05, 4.69) is 9.98 Å². The molecular weight excluding hydrogens is 193 g/mol. The molecule has 1 aromatic carbocycles. The first kappa shape index (κ1) is 9.18. The SMILES string of the molecule is FC(F)(F)c1ccc2c(c1)=NCCN=2. The molecule has 0 aliphatic carbocycles. The first-order chi connectivity index (χ1) is 6.57. The number of fused-ring (bicyclic) bond motifs is 1. The van der Waals surface area contributed by atoms with Crippen LogP contribution in [0, 0.1) is 0 Å². The van der Waals surface area contributed by atoms with Crippen LogP contribution in [0.3, 0.4) is 0 Å². The zero-order valence-electron chi connectivity index (χ0n) is 7.17. The second-order valence-electron chi connectivity index (χ2n) is 2.96. The zero-order valence-corrected chi connectivity index (χ0v) is 7.17. The molecule has 1 aliphatic heterocycles. The number of benzene rings is 1. The van der Waals surface area contributed by atoms with E-state index in [1.807, 2.05) is 0 Å². The van der Waals surface area contributed by atoms with E-state index in [1.54, 1.807) is 0 Å². The number of alkyl halides is 3. The standard InChI is InChI=1S/C9H7F3N2/c10-9(11,12)6-1-2-7-8(5-6)14-4-3-13-7/h1-2,5H,3-4H2. The van der Waals surface area contributed by atoms with Crippen molar-refractivity contribution in [2.24, 2.45) is 9.98 Å². The van der Waals surface area contributed by atoms with Crippen molar-refractivity contribution < 1.29 is 13.2 Å². The van der Waals surface area contributed by atoms with Gasteiger partial charge in [0.1, 0.15) is 0 Å². The molecule has 0 saturated carbocycles. The Labute approximate surface area is 77.8 Å². The molecule has 1 heterocycles. The molecule has 0 saturated heterocycles. The summed E-state index contributed by atoms with van der Waals surface area (Å²) in [5.74, 6) is 0. The molecule has 0 aromatic heterocycles. The lowest BCUT2D eigenvalue weighted by molar-refractivity contribution is -0.137. The van der Waals surface area contributed by atoms with Gasteiger partial charge in [0, 0.05) is 0 Å². The summed E-state index contributed by atoms with van der Waals surface area (Å²) in [5.41, 5.74) is -0.669. The van der Waals surface area contributed by atoms with Gasteiger partial charge in [-0.2, -0.15) is 13.2 Å². The van der Waals surface area contributed by atoms with Crippen molar-refractivity contribution in [2.45, 2.75) is 6.18 Å². The number of hydrogen-bond donors (Lipinski definition) is 0. The Morgan fingerprint density at radius 3 is 2.29 bits per heavy atom. The molecular formula is C9H7F3N2. The van der Waals surface area contributed by atoms with Gasteiger partial charge in [0.05, 0.1) is 29.4 Å². The quantitative estimate of drug-likeness (QED) is 0.596. The van der Waals surface area contributed by atoms with E-state index in [0.29, 0.717) is 23.8 Å². The fraction of sp³-hybridized carbons (Fsp3) is 0.333. The Morgan fingerprint density at radius 2 is 1.64 bits per heavy atom. The normalized spacial score (nSPS) is 15.4. The maximum Gasteiger partial charge on any atom is 0.416 e. The molecule has 0 radical (unpaired) electrons. The van der Waals surface area contributed by atoms with Crippen LogP contribution in [0.4, 0.5) is 13.2 Å². The van der Waals surface area contributed by atoms with Crippen LogP contribution in [-0.2, 0) is 6.18 Å². The lowest BCUT2D eigenvalue weighted by atomic mass is 10.2. The average Bonchev–Trinajstić information content (AvgIpc) is 2.16. The molecule has 1 aromatic rings. The average molecular weight is 200 g/mol. The van der Waals surface area contributed by atoms with Crippen LogP contribution >= 0.6 is 0 Å². The summed E-state index contributed by atoms with van der Waals surface area (Å²) in [4.78, 5) is 8.03. The van der Waals surface area contributed by atoms with Gasteiger partial charge in [0.15, 0.2) is 0 Å². The van der Waals surface area contributed by atoms with Crippen molar-refractivity contribution in [3.63, 3.8) is 0 Å². The number of rotatable bonds is 0. The number of halogens is 3. The topological polar surface area (TPSA) is 24.7 Å². The summed E-state index contributed by atoms with van der Waals surface area (Å²) in [7, 11) is 0. The van der Waals surface area contributed by atoms with Crippen LogP contribution in [0.5, 0.6) is 0 Å². The van der Waals surface area contributed by atoms with Gasteiger partial charge in [0.2, 0.25) is 0 Å². The van der Waals surface area contributed by atoms with E-state index in [4.69, 9.17) is 0 Å². The maximum absolute atomic E-state index is 12.3. The Morgan fingerprint density at radius 1 is 1.00 bits per heavy atom. The minimum Gasteiger partial charge on any atom is -0.281 e. The van der Waals surface area contributed by atoms with Crippen LogP contribution in [0.1, 0.15) is 5.56 Å². The van der Waals surface area contributed by atoms with E-state index in [-0.39, 0.29) is 0 Å². The van der Waals surface area contributed by atoms with E-state index < -0.39 is 11.7 Å². The summed E-state index contributed by atoms with van der Waals surface area (Å²) in [6.45, 7) is 1.02. The van der Waals surface area contributed by atoms with Crippen LogP contribution in [0.2, 0.25) is 0 Å². The Bertz CT molecular complexity index is 462. The summed E-state index contributed by atoms with van der Waals surface area (Å²) in [6.07, 6.45) is -4.30. The molecule has 74 valence electrons. The second kappa shape index (κ2) is 3.08. The highest BCUT2D eigenvalue weighted by Gasteiger charge is 2.30. The largest absolute Gasteiger partial charge is 0.416 e. The molecule has 0 bridgehead atoms. The van der Waals surface area contributed by atoms with Gasteiger partial charge in [-0.05, 0) is 18.2 Å².